The van der Waals surface area contributed by atoms with Gasteiger partial charge >= 0.3 is 0 Å². The van der Waals surface area contributed by atoms with E-state index in [-0.39, 0.29) is 18.5 Å². The van der Waals surface area contributed by atoms with Gasteiger partial charge in [0.25, 0.3) is 0 Å². The van der Waals surface area contributed by atoms with Crippen LogP contribution in [0.4, 0.5) is 0 Å². The molecule has 2 aliphatic rings. The summed E-state index contributed by atoms with van der Waals surface area (Å²) in [6, 6.07) is -0.0720. The van der Waals surface area contributed by atoms with Gasteiger partial charge in [-0.15, -0.1) is 0 Å². The summed E-state index contributed by atoms with van der Waals surface area (Å²) < 4.78 is 6.84. The molecule has 0 bridgehead atoms. The Kier molecular flexibility index (Phi) is 2.94. The predicted octanol–water partition coefficient (Wildman–Crippen LogP) is 0.902. The molecule has 0 spiro atoms. The topological polar surface area (TPSA) is 89.9 Å². The lowest BCUT2D eigenvalue weighted by Crippen LogP contribution is -2.34. The van der Waals surface area contributed by atoms with E-state index in [4.69, 9.17) is 4.52 Å². The van der Waals surface area contributed by atoms with Crippen molar-refractivity contribution in [2.45, 2.75) is 44.2 Å². The fraction of sp³-hybridized carbons (Fsp3) is 0.615. The number of hydrogen-bond acceptors (Lipinski definition) is 6. The highest BCUT2D eigenvalue weighted by Crippen LogP contribution is 2.40. The Morgan fingerprint density at radius 1 is 1.38 bits per heavy atom. The molecule has 0 radical (unpaired) electrons. The summed E-state index contributed by atoms with van der Waals surface area (Å²) in [4.78, 5) is 22.6. The Morgan fingerprint density at radius 3 is 3.05 bits per heavy atom. The maximum Gasteiger partial charge on any atom is 0.244 e. The summed E-state index contributed by atoms with van der Waals surface area (Å²) in [5, 5.41) is 8.04. The third-order valence-corrected chi connectivity index (χ3v) is 4.02. The molecule has 4 rings (SSSR count). The van der Waals surface area contributed by atoms with Crippen molar-refractivity contribution >= 4 is 5.91 Å². The van der Waals surface area contributed by atoms with Crippen molar-refractivity contribution in [1.29, 1.82) is 0 Å². The molecule has 1 atom stereocenters. The van der Waals surface area contributed by atoms with Gasteiger partial charge in [0, 0.05) is 12.5 Å². The quantitative estimate of drug-likeness (QED) is 0.830. The molecule has 2 aromatic heterocycles. The van der Waals surface area contributed by atoms with Crippen LogP contribution >= 0.6 is 0 Å². The van der Waals surface area contributed by atoms with Gasteiger partial charge in [-0.3, -0.25) is 4.79 Å². The van der Waals surface area contributed by atoms with Gasteiger partial charge in [-0.2, -0.15) is 10.1 Å². The SMILES string of the molecule is O=C(Cn1cncn1)N1CCCC1c1noc(C2CC2)n1. The standard InChI is InChI=1S/C13H16N6O2/c20-11(6-18-8-14-7-15-18)19-5-1-2-10(19)12-16-13(21-17-12)9-3-4-9/h7-10H,1-6H2. The highest BCUT2D eigenvalue weighted by atomic mass is 16.5. The average Bonchev–Trinajstić information content (AvgIpc) is 2.94. The fourth-order valence-electron chi connectivity index (χ4n) is 2.76. The van der Waals surface area contributed by atoms with Gasteiger partial charge in [0.2, 0.25) is 11.8 Å². The molecule has 110 valence electrons. The summed E-state index contributed by atoms with van der Waals surface area (Å²) in [5.74, 6) is 1.81. The maximum absolute atomic E-state index is 12.4. The summed E-state index contributed by atoms with van der Waals surface area (Å²) in [5.41, 5.74) is 0. The molecule has 1 aliphatic carbocycles. The van der Waals surface area contributed by atoms with E-state index >= 15 is 0 Å². The number of carbonyl (C=O) groups excluding carboxylic acids is 1. The van der Waals surface area contributed by atoms with Gasteiger partial charge in [0.05, 0.1) is 6.04 Å². The van der Waals surface area contributed by atoms with E-state index < -0.39 is 0 Å². The van der Waals surface area contributed by atoms with Gasteiger partial charge in [-0.05, 0) is 25.7 Å². The molecule has 0 aromatic carbocycles. The monoisotopic (exact) mass is 288 g/mol. The van der Waals surface area contributed by atoms with E-state index in [0.29, 0.717) is 11.7 Å². The third-order valence-electron chi connectivity index (χ3n) is 4.02. The van der Waals surface area contributed by atoms with E-state index in [0.717, 1.165) is 38.1 Å². The highest BCUT2D eigenvalue weighted by molar-refractivity contribution is 5.76. The predicted molar refractivity (Wildman–Crippen MR) is 70.0 cm³/mol. The summed E-state index contributed by atoms with van der Waals surface area (Å²) in [7, 11) is 0. The molecule has 2 fully saturated rings. The summed E-state index contributed by atoms with van der Waals surface area (Å²) in [6.07, 6.45) is 7.06. The Bertz CT molecular complexity index is 633. The molecule has 1 saturated heterocycles. The zero-order valence-electron chi connectivity index (χ0n) is 11.6. The van der Waals surface area contributed by atoms with Crippen molar-refractivity contribution in [3.8, 4) is 0 Å². The van der Waals surface area contributed by atoms with Crippen LogP contribution in [0, 0.1) is 0 Å². The largest absolute Gasteiger partial charge is 0.339 e. The third kappa shape index (κ3) is 2.41. The van der Waals surface area contributed by atoms with Gasteiger partial charge in [-0.1, -0.05) is 5.16 Å². The first-order valence-corrected chi connectivity index (χ1v) is 7.26. The number of likely N-dealkylation sites (tertiary alicyclic amines) is 1. The van der Waals surface area contributed by atoms with E-state index in [1.54, 1.807) is 6.33 Å². The molecule has 21 heavy (non-hydrogen) atoms. The summed E-state index contributed by atoms with van der Waals surface area (Å²) in [6.45, 7) is 0.926. The molecule has 1 amide bonds. The van der Waals surface area contributed by atoms with Crippen LogP contribution in [0.25, 0.3) is 0 Å². The number of carbonyl (C=O) groups is 1. The van der Waals surface area contributed by atoms with Crippen molar-refractivity contribution in [2.75, 3.05) is 6.54 Å². The lowest BCUT2D eigenvalue weighted by Gasteiger charge is -2.21. The first-order valence-electron chi connectivity index (χ1n) is 7.26. The maximum atomic E-state index is 12.4. The molecule has 1 unspecified atom stereocenters. The van der Waals surface area contributed by atoms with Gasteiger partial charge < -0.3 is 9.42 Å². The Hall–Kier alpha value is -2.25. The van der Waals surface area contributed by atoms with Crippen LogP contribution in [-0.2, 0) is 11.3 Å². The van der Waals surface area contributed by atoms with E-state index in [1.807, 2.05) is 4.90 Å². The molecule has 1 aliphatic heterocycles. The van der Waals surface area contributed by atoms with E-state index in [9.17, 15) is 4.79 Å². The number of amides is 1. The van der Waals surface area contributed by atoms with Crippen LogP contribution < -0.4 is 0 Å². The first kappa shape index (κ1) is 12.5. The van der Waals surface area contributed by atoms with Gasteiger partial charge in [-0.25, -0.2) is 9.67 Å². The Labute approximate surface area is 121 Å². The molecule has 3 heterocycles. The van der Waals surface area contributed by atoms with Gasteiger partial charge in [0.15, 0.2) is 5.82 Å². The number of rotatable bonds is 4. The van der Waals surface area contributed by atoms with Crippen LogP contribution in [0.3, 0.4) is 0 Å². The van der Waals surface area contributed by atoms with Crippen molar-refractivity contribution in [3.05, 3.63) is 24.4 Å². The van der Waals surface area contributed by atoms with Crippen LogP contribution in [0.2, 0.25) is 0 Å². The van der Waals surface area contributed by atoms with E-state index in [1.165, 1.54) is 11.0 Å². The lowest BCUT2D eigenvalue weighted by atomic mass is 10.2. The first-order chi connectivity index (χ1) is 10.3. The number of hydrogen-bond donors (Lipinski definition) is 0. The number of nitrogens with zero attached hydrogens (tertiary/aromatic N) is 6. The van der Waals surface area contributed by atoms with E-state index in [2.05, 4.69) is 20.2 Å². The average molecular weight is 288 g/mol. The van der Waals surface area contributed by atoms with Crippen LogP contribution in [0.5, 0.6) is 0 Å². The van der Waals surface area contributed by atoms with Crippen molar-refractivity contribution in [1.82, 2.24) is 29.8 Å². The molecule has 8 nitrogen and oxygen atoms in total. The molecule has 8 heteroatoms. The van der Waals surface area contributed by atoms with Crippen LogP contribution in [-0.4, -0.2) is 42.3 Å². The molecular formula is C13H16N6O2. The minimum atomic E-state index is -0.0720. The number of aromatic nitrogens is 5. The minimum Gasteiger partial charge on any atom is -0.339 e. The fourth-order valence-corrected chi connectivity index (χ4v) is 2.76. The van der Waals surface area contributed by atoms with Gasteiger partial charge in [0.1, 0.15) is 19.2 Å². The second kappa shape index (κ2) is 4.94. The Morgan fingerprint density at radius 2 is 2.29 bits per heavy atom. The Balaban J connectivity index is 1.49. The molecule has 1 saturated carbocycles. The second-order valence-corrected chi connectivity index (χ2v) is 5.60. The normalized spacial score (nSPS) is 21.9. The summed E-state index contributed by atoms with van der Waals surface area (Å²) >= 11 is 0. The molecule has 2 aromatic rings. The smallest absolute Gasteiger partial charge is 0.244 e. The van der Waals surface area contributed by atoms with Crippen molar-refractivity contribution in [3.63, 3.8) is 0 Å². The zero-order valence-corrected chi connectivity index (χ0v) is 11.6. The zero-order chi connectivity index (χ0) is 14.2. The van der Waals surface area contributed by atoms with Crippen LogP contribution in [0.15, 0.2) is 17.2 Å². The highest BCUT2D eigenvalue weighted by Gasteiger charge is 2.36. The molecular weight excluding hydrogens is 272 g/mol. The minimum absolute atomic E-state index is 0.0146. The second-order valence-electron chi connectivity index (χ2n) is 5.60. The molecule has 0 N–H and O–H groups in total. The van der Waals surface area contributed by atoms with Crippen LogP contribution in [0.1, 0.15) is 49.4 Å². The lowest BCUT2D eigenvalue weighted by molar-refractivity contribution is -0.133. The van der Waals surface area contributed by atoms with Crippen molar-refractivity contribution < 1.29 is 9.32 Å². The van der Waals surface area contributed by atoms with Crippen molar-refractivity contribution in [2.24, 2.45) is 0 Å².